The zero-order valence-electron chi connectivity index (χ0n) is 10.9. The number of amides is 1. The van der Waals surface area contributed by atoms with E-state index in [1.54, 1.807) is 13.8 Å². The van der Waals surface area contributed by atoms with Gasteiger partial charge in [0.1, 0.15) is 11.3 Å². The van der Waals surface area contributed by atoms with Crippen LogP contribution in [0.2, 0.25) is 10.2 Å². The van der Waals surface area contributed by atoms with Gasteiger partial charge in [-0.15, -0.1) is 0 Å². The smallest absolute Gasteiger partial charge is 0.256 e. The molecule has 1 aromatic heterocycles. The molecule has 2 atom stereocenters. The van der Waals surface area contributed by atoms with Crippen molar-refractivity contribution in [2.75, 3.05) is 11.9 Å². The van der Waals surface area contributed by atoms with Crippen molar-refractivity contribution in [3.05, 3.63) is 22.4 Å². The summed E-state index contributed by atoms with van der Waals surface area (Å²) in [5.74, 6) is -1.37. The lowest BCUT2D eigenvalue weighted by Gasteiger charge is -2.16. The van der Waals surface area contributed by atoms with Gasteiger partial charge < -0.3 is 19.9 Å². The number of pyridine rings is 1. The Kier molecular flexibility index (Phi) is 4.51. The van der Waals surface area contributed by atoms with Gasteiger partial charge in [0, 0.05) is 0 Å². The largest absolute Gasteiger partial charge is 0.394 e. The number of aromatic nitrogens is 1. The molecular weight excluding hydrogens is 307 g/mol. The van der Waals surface area contributed by atoms with E-state index in [0.717, 1.165) is 0 Å². The van der Waals surface area contributed by atoms with Gasteiger partial charge in [-0.2, -0.15) is 0 Å². The zero-order valence-corrected chi connectivity index (χ0v) is 12.4. The summed E-state index contributed by atoms with van der Waals surface area (Å²) >= 11 is 11.5. The molecule has 6 nitrogen and oxygen atoms in total. The molecule has 1 saturated heterocycles. The first-order valence-corrected chi connectivity index (χ1v) is 6.66. The molecule has 0 aliphatic carbocycles. The molecule has 1 aromatic rings. The van der Waals surface area contributed by atoms with Crippen LogP contribution in [0.1, 0.15) is 13.8 Å². The van der Waals surface area contributed by atoms with E-state index in [2.05, 4.69) is 10.3 Å². The number of carbonyl (C=O) groups is 1. The summed E-state index contributed by atoms with van der Waals surface area (Å²) in [6, 6.07) is 1.48. The van der Waals surface area contributed by atoms with Crippen molar-refractivity contribution in [3.8, 4) is 0 Å². The van der Waals surface area contributed by atoms with Crippen molar-refractivity contribution in [1.29, 1.82) is 0 Å². The fourth-order valence-electron chi connectivity index (χ4n) is 1.89. The molecule has 8 heteroatoms. The average molecular weight is 321 g/mol. The van der Waals surface area contributed by atoms with Gasteiger partial charge in [-0.3, -0.25) is 4.79 Å². The van der Waals surface area contributed by atoms with E-state index in [1.807, 2.05) is 0 Å². The molecular formula is C12H14Cl2N2O4. The van der Waals surface area contributed by atoms with Gasteiger partial charge in [-0.05, 0) is 19.9 Å². The Labute approximate surface area is 126 Å². The highest BCUT2D eigenvalue weighted by Crippen LogP contribution is 2.29. The molecule has 2 rings (SSSR count). The van der Waals surface area contributed by atoms with Gasteiger partial charge >= 0.3 is 0 Å². The van der Waals surface area contributed by atoms with Crippen molar-refractivity contribution in [1.82, 2.24) is 4.98 Å². The zero-order chi connectivity index (χ0) is 14.9. The second-order valence-corrected chi connectivity index (χ2v) is 5.53. The highest BCUT2D eigenvalue weighted by molar-refractivity contribution is 6.41. The lowest BCUT2D eigenvalue weighted by molar-refractivity contribution is -0.155. The highest BCUT2D eigenvalue weighted by atomic mass is 35.5. The van der Waals surface area contributed by atoms with E-state index >= 15 is 0 Å². The van der Waals surface area contributed by atoms with Crippen molar-refractivity contribution >= 4 is 34.8 Å². The van der Waals surface area contributed by atoms with Crippen molar-refractivity contribution in [2.24, 2.45) is 0 Å². The summed E-state index contributed by atoms with van der Waals surface area (Å²) in [5.41, 5.74) is 0.384. The maximum Gasteiger partial charge on any atom is 0.256 e. The van der Waals surface area contributed by atoms with Crippen LogP contribution in [0.3, 0.4) is 0 Å². The minimum atomic E-state index is -0.925. The molecule has 0 spiro atoms. The number of carbonyl (C=O) groups excluding carboxylic acids is 1. The second-order valence-electron chi connectivity index (χ2n) is 4.76. The lowest BCUT2D eigenvalue weighted by Crippen LogP contribution is -2.38. The third kappa shape index (κ3) is 3.39. The molecule has 1 fully saturated rings. The molecule has 20 heavy (non-hydrogen) atoms. The molecule has 0 saturated carbocycles. The fraction of sp³-hybridized carbons (Fsp3) is 0.500. The molecule has 0 unspecified atom stereocenters. The topological polar surface area (TPSA) is 80.7 Å². The Balaban J connectivity index is 2.09. The van der Waals surface area contributed by atoms with Gasteiger partial charge in [-0.1, -0.05) is 23.2 Å². The van der Waals surface area contributed by atoms with Gasteiger partial charge in [0.25, 0.3) is 5.91 Å². The second kappa shape index (κ2) is 5.83. The van der Waals surface area contributed by atoms with Crippen LogP contribution in [0.5, 0.6) is 0 Å². The molecule has 110 valence electrons. The number of rotatable bonds is 3. The Morgan fingerprint density at radius 1 is 1.50 bits per heavy atom. The number of hydrogen-bond acceptors (Lipinski definition) is 5. The summed E-state index contributed by atoms with van der Waals surface area (Å²) in [7, 11) is 0. The number of ether oxygens (including phenoxy) is 2. The first-order chi connectivity index (χ1) is 9.32. The van der Waals surface area contributed by atoms with Gasteiger partial charge in [0.15, 0.2) is 11.9 Å². The molecule has 0 bridgehead atoms. The highest BCUT2D eigenvalue weighted by Gasteiger charge is 2.44. The van der Waals surface area contributed by atoms with E-state index in [9.17, 15) is 9.90 Å². The predicted molar refractivity (Wildman–Crippen MR) is 73.8 cm³/mol. The van der Waals surface area contributed by atoms with Crippen LogP contribution < -0.4 is 5.32 Å². The molecule has 2 heterocycles. The quantitative estimate of drug-likeness (QED) is 0.830. The molecule has 0 aromatic carbocycles. The maximum atomic E-state index is 12.1. The van der Waals surface area contributed by atoms with Gasteiger partial charge in [0.05, 0.1) is 23.5 Å². The van der Waals surface area contributed by atoms with E-state index in [4.69, 9.17) is 32.7 Å². The number of aliphatic hydroxyl groups is 1. The van der Waals surface area contributed by atoms with Crippen LogP contribution in [-0.2, 0) is 14.3 Å². The normalized spacial score (nSPS) is 24.6. The Morgan fingerprint density at radius 2 is 2.20 bits per heavy atom. The minimum absolute atomic E-state index is 0.152. The monoisotopic (exact) mass is 320 g/mol. The average Bonchev–Trinajstić information content (AvgIpc) is 2.69. The first kappa shape index (κ1) is 15.5. The van der Waals surface area contributed by atoms with E-state index in [0.29, 0.717) is 5.69 Å². The summed E-state index contributed by atoms with van der Waals surface area (Å²) in [6.07, 6.45) is -0.258. The number of halogens is 2. The third-order valence-electron chi connectivity index (χ3n) is 2.69. The van der Waals surface area contributed by atoms with Crippen LogP contribution in [0, 0.1) is 0 Å². The number of nitrogens with zero attached hydrogens (tertiary/aromatic N) is 1. The van der Waals surface area contributed by atoms with E-state index in [-0.39, 0.29) is 16.8 Å². The number of nitrogens with one attached hydrogen (secondary N) is 1. The molecule has 1 aliphatic rings. The van der Waals surface area contributed by atoms with Crippen molar-refractivity contribution in [2.45, 2.75) is 31.8 Å². The van der Waals surface area contributed by atoms with Crippen LogP contribution in [-0.4, -0.2) is 40.6 Å². The van der Waals surface area contributed by atoms with E-state index in [1.165, 1.54) is 12.3 Å². The Morgan fingerprint density at radius 3 is 2.80 bits per heavy atom. The number of anilines is 1. The standard InChI is InChI=1S/C12H14Cl2N2O4/c1-12(2)19-8(5-17)9(20-12)11(18)16-6-3-7(13)10(14)15-4-6/h3-4,8-9,17H,5H2,1-2H3,(H,16,18)/t8-,9-/m1/s1. The summed E-state index contributed by atoms with van der Waals surface area (Å²) in [4.78, 5) is 16.0. The van der Waals surface area contributed by atoms with Crippen LogP contribution >= 0.6 is 23.2 Å². The predicted octanol–water partition coefficient (Wildman–Crippen LogP) is 1.84. The minimum Gasteiger partial charge on any atom is -0.394 e. The summed E-state index contributed by atoms with van der Waals surface area (Å²) < 4.78 is 10.9. The Hall–Kier alpha value is -0.920. The molecule has 1 aliphatic heterocycles. The third-order valence-corrected chi connectivity index (χ3v) is 3.37. The van der Waals surface area contributed by atoms with E-state index < -0.39 is 23.9 Å². The fourth-order valence-corrected chi connectivity index (χ4v) is 2.16. The summed E-state index contributed by atoms with van der Waals surface area (Å²) in [6.45, 7) is 3.02. The number of hydrogen-bond donors (Lipinski definition) is 2. The van der Waals surface area contributed by atoms with Crippen LogP contribution in [0.25, 0.3) is 0 Å². The first-order valence-electron chi connectivity index (χ1n) is 5.91. The SMILES string of the molecule is CC1(C)O[C@H](CO)[C@H](C(=O)Nc2cnc(Cl)c(Cl)c2)O1. The molecule has 1 amide bonds. The summed E-state index contributed by atoms with van der Waals surface area (Å²) in [5, 5.41) is 12.2. The van der Waals surface area contributed by atoms with Gasteiger partial charge in [0.2, 0.25) is 0 Å². The van der Waals surface area contributed by atoms with Crippen molar-refractivity contribution in [3.63, 3.8) is 0 Å². The molecule has 0 radical (unpaired) electrons. The Bertz CT molecular complexity index is 524. The van der Waals surface area contributed by atoms with Gasteiger partial charge in [-0.25, -0.2) is 4.98 Å². The van der Waals surface area contributed by atoms with Crippen molar-refractivity contribution < 1.29 is 19.4 Å². The van der Waals surface area contributed by atoms with Crippen LogP contribution in [0.4, 0.5) is 5.69 Å². The lowest BCUT2D eigenvalue weighted by atomic mass is 10.2. The molecule has 2 N–H and O–H groups in total. The maximum absolute atomic E-state index is 12.1. The van der Waals surface area contributed by atoms with Crippen LogP contribution in [0.15, 0.2) is 12.3 Å². The number of aliphatic hydroxyl groups excluding tert-OH is 1.